The van der Waals surface area contributed by atoms with Gasteiger partial charge in [-0.15, -0.1) is 0 Å². The van der Waals surface area contributed by atoms with Gasteiger partial charge in [0.2, 0.25) is 0 Å². The van der Waals surface area contributed by atoms with Gasteiger partial charge < -0.3 is 19.5 Å². The molecule has 1 saturated heterocycles. The molecule has 6 nitrogen and oxygen atoms in total. The second kappa shape index (κ2) is 6.46. The molecule has 1 fully saturated rings. The van der Waals surface area contributed by atoms with Gasteiger partial charge in [0.1, 0.15) is 0 Å². The number of carboxylic acid groups (broad SMARTS) is 1. The van der Waals surface area contributed by atoms with Gasteiger partial charge in [0, 0.05) is 13.1 Å². The first-order valence-corrected chi connectivity index (χ1v) is 7.46. The monoisotopic (exact) mass is 305 g/mol. The molecular formula is C16H19NO5. The van der Waals surface area contributed by atoms with E-state index in [1.54, 1.807) is 4.90 Å². The minimum Gasteiger partial charge on any atom is -0.481 e. The molecule has 2 aliphatic rings. The lowest BCUT2D eigenvalue weighted by Gasteiger charge is -2.36. The Morgan fingerprint density at radius 1 is 1.23 bits per heavy atom. The quantitative estimate of drug-likeness (QED) is 0.901. The lowest BCUT2D eigenvalue weighted by molar-refractivity contribution is -0.156. The molecule has 2 heterocycles. The zero-order valence-electron chi connectivity index (χ0n) is 12.2. The summed E-state index contributed by atoms with van der Waals surface area (Å²) in [5, 5.41) is 8.86. The van der Waals surface area contributed by atoms with Crippen LogP contribution in [-0.2, 0) is 25.5 Å². The Morgan fingerprint density at radius 2 is 2.05 bits per heavy atom. The topological polar surface area (TPSA) is 76.1 Å². The van der Waals surface area contributed by atoms with Gasteiger partial charge in [0.05, 0.1) is 25.7 Å². The SMILES string of the molecule is O=C(O)C[C@H]1CN(C(=O)[C@@H]2OCCc3ccccc32)CCO1. The minimum absolute atomic E-state index is 0.0914. The third-order valence-corrected chi connectivity index (χ3v) is 4.07. The highest BCUT2D eigenvalue weighted by Crippen LogP contribution is 2.29. The number of amides is 1. The summed E-state index contributed by atoms with van der Waals surface area (Å²) < 4.78 is 11.1. The summed E-state index contributed by atoms with van der Waals surface area (Å²) in [4.78, 5) is 25.2. The average Bonchev–Trinajstić information content (AvgIpc) is 2.53. The molecule has 0 spiro atoms. The van der Waals surface area contributed by atoms with Gasteiger partial charge in [-0.1, -0.05) is 24.3 Å². The number of morpholine rings is 1. The summed E-state index contributed by atoms with van der Waals surface area (Å²) in [6.07, 6.45) is -0.320. The Labute approximate surface area is 128 Å². The highest BCUT2D eigenvalue weighted by molar-refractivity contribution is 5.83. The van der Waals surface area contributed by atoms with Crippen LogP contribution in [-0.4, -0.2) is 54.3 Å². The Balaban J connectivity index is 1.73. The van der Waals surface area contributed by atoms with Crippen LogP contribution in [0.15, 0.2) is 24.3 Å². The van der Waals surface area contributed by atoms with E-state index in [4.69, 9.17) is 14.6 Å². The summed E-state index contributed by atoms with van der Waals surface area (Å²) in [7, 11) is 0. The maximum atomic E-state index is 12.7. The number of carboxylic acids is 1. The van der Waals surface area contributed by atoms with Gasteiger partial charge in [-0.05, 0) is 17.5 Å². The molecule has 22 heavy (non-hydrogen) atoms. The molecule has 1 aromatic rings. The summed E-state index contributed by atoms with van der Waals surface area (Å²) in [6.45, 7) is 1.65. The van der Waals surface area contributed by atoms with Crippen molar-refractivity contribution in [2.24, 2.45) is 0 Å². The van der Waals surface area contributed by atoms with Crippen LogP contribution in [0.25, 0.3) is 0 Å². The lowest BCUT2D eigenvalue weighted by Crippen LogP contribution is -2.48. The van der Waals surface area contributed by atoms with Crippen molar-refractivity contribution < 1.29 is 24.2 Å². The van der Waals surface area contributed by atoms with Crippen molar-refractivity contribution in [3.05, 3.63) is 35.4 Å². The van der Waals surface area contributed by atoms with Crippen molar-refractivity contribution in [3.63, 3.8) is 0 Å². The third-order valence-electron chi connectivity index (χ3n) is 4.07. The van der Waals surface area contributed by atoms with Crippen LogP contribution in [0.2, 0.25) is 0 Å². The van der Waals surface area contributed by atoms with E-state index < -0.39 is 18.2 Å². The van der Waals surface area contributed by atoms with Gasteiger partial charge >= 0.3 is 5.97 Å². The zero-order valence-corrected chi connectivity index (χ0v) is 12.2. The predicted octanol–water partition coefficient (Wildman–Crippen LogP) is 1.00. The van der Waals surface area contributed by atoms with Gasteiger partial charge in [-0.25, -0.2) is 0 Å². The van der Waals surface area contributed by atoms with Crippen LogP contribution < -0.4 is 0 Å². The normalized spacial score (nSPS) is 24.6. The number of rotatable bonds is 3. The number of hydrogen-bond acceptors (Lipinski definition) is 4. The Morgan fingerprint density at radius 3 is 2.86 bits per heavy atom. The average molecular weight is 305 g/mol. The number of ether oxygens (including phenoxy) is 2. The standard InChI is InChI=1S/C16H19NO5/c18-14(19)9-12-10-17(6-8-21-12)16(20)15-13-4-2-1-3-11(13)5-7-22-15/h1-4,12,15H,5-10H2,(H,18,19)/t12-,15+/m0/s1. The van der Waals surface area contributed by atoms with Gasteiger partial charge in [0.15, 0.2) is 6.10 Å². The van der Waals surface area contributed by atoms with Crippen molar-refractivity contribution in [3.8, 4) is 0 Å². The Bertz CT molecular complexity index is 573. The first kappa shape index (κ1) is 15.0. The first-order chi connectivity index (χ1) is 10.6. The Hall–Kier alpha value is -1.92. The first-order valence-electron chi connectivity index (χ1n) is 7.46. The molecule has 0 radical (unpaired) electrons. The van der Waals surface area contributed by atoms with Crippen molar-refractivity contribution in [2.75, 3.05) is 26.3 Å². The van der Waals surface area contributed by atoms with E-state index in [9.17, 15) is 9.59 Å². The predicted molar refractivity (Wildman–Crippen MR) is 77.4 cm³/mol. The van der Waals surface area contributed by atoms with E-state index in [2.05, 4.69) is 0 Å². The molecule has 1 N–H and O–H groups in total. The number of carbonyl (C=O) groups is 2. The van der Waals surface area contributed by atoms with E-state index in [-0.39, 0.29) is 12.3 Å². The second-order valence-corrected chi connectivity index (χ2v) is 5.57. The van der Waals surface area contributed by atoms with E-state index in [0.29, 0.717) is 26.3 Å². The lowest BCUT2D eigenvalue weighted by atomic mass is 9.96. The number of nitrogens with zero attached hydrogens (tertiary/aromatic N) is 1. The van der Waals surface area contributed by atoms with Crippen molar-refractivity contribution >= 4 is 11.9 Å². The maximum absolute atomic E-state index is 12.7. The molecule has 0 unspecified atom stereocenters. The number of carbonyl (C=O) groups excluding carboxylic acids is 1. The number of aliphatic carboxylic acids is 1. The number of hydrogen-bond donors (Lipinski definition) is 1. The highest BCUT2D eigenvalue weighted by Gasteiger charge is 2.34. The minimum atomic E-state index is -0.918. The van der Waals surface area contributed by atoms with Crippen molar-refractivity contribution in [1.29, 1.82) is 0 Å². The number of benzene rings is 1. The molecule has 0 saturated carbocycles. The molecule has 0 bridgehead atoms. The van der Waals surface area contributed by atoms with Crippen LogP contribution >= 0.6 is 0 Å². The molecule has 3 rings (SSSR count). The Kier molecular flexibility index (Phi) is 4.40. The molecule has 2 atom stereocenters. The zero-order chi connectivity index (χ0) is 15.5. The number of fused-ring (bicyclic) bond motifs is 1. The van der Waals surface area contributed by atoms with Gasteiger partial charge in [-0.2, -0.15) is 0 Å². The second-order valence-electron chi connectivity index (χ2n) is 5.57. The van der Waals surface area contributed by atoms with E-state index in [1.807, 2.05) is 24.3 Å². The van der Waals surface area contributed by atoms with Crippen molar-refractivity contribution in [1.82, 2.24) is 4.90 Å². The van der Waals surface area contributed by atoms with Crippen LogP contribution in [0.4, 0.5) is 0 Å². The highest BCUT2D eigenvalue weighted by atomic mass is 16.5. The fraction of sp³-hybridized carbons (Fsp3) is 0.500. The summed E-state index contributed by atoms with van der Waals surface area (Å²) in [6, 6.07) is 7.81. The molecule has 6 heteroatoms. The van der Waals surface area contributed by atoms with Crippen molar-refractivity contribution in [2.45, 2.75) is 25.0 Å². The maximum Gasteiger partial charge on any atom is 0.306 e. The molecular weight excluding hydrogens is 286 g/mol. The largest absolute Gasteiger partial charge is 0.481 e. The van der Waals surface area contributed by atoms with Gasteiger partial charge in [0.25, 0.3) is 5.91 Å². The fourth-order valence-electron chi connectivity index (χ4n) is 3.00. The smallest absolute Gasteiger partial charge is 0.306 e. The van der Waals surface area contributed by atoms with Crippen LogP contribution in [0, 0.1) is 0 Å². The molecule has 118 valence electrons. The van der Waals surface area contributed by atoms with Crippen LogP contribution in [0.1, 0.15) is 23.7 Å². The summed E-state index contributed by atoms with van der Waals surface area (Å²) >= 11 is 0. The van der Waals surface area contributed by atoms with E-state index in [1.165, 1.54) is 0 Å². The van der Waals surface area contributed by atoms with Crippen LogP contribution in [0.3, 0.4) is 0 Å². The molecule has 1 aromatic carbocycles. The fourth-order valence-corrected chi connectivity index (χ4v) is 3.00. The molecule has 2 aliphatic heterocycles. The molecule has 0 aliphatic carbocycles. The third kappa shape index (κ3) is 3.13. The van der Waals surface area contributed by atoms with Gasteiger partial charge in [-0.3, -0.25) is 9.59 Å². The summed E-state index contributed by atoms with van der Waals surface area (Å²) in [5.41, 5.74) is 2.06. The van der Waals surface area contributed by atoms with E-state index >= 15 is 0 Å². The summed E-state index contributed by atoms with van der Waals surface area (Å²) in [5.74, 6) is -1.02. The molecule has 1 amide bonds. The van der Waals surface area contributed by atoms with E-state index in [0.717, 1.165) is 17.5 Å². The molecule has 0 aromatic heterocycles. The van der Waals surface area contributed by atoms with Crippen LogP contribution in [0.5, 0.6) is 0 Å².